The quantitative estimate of drug-likeness (QED) is 0.857. The minimum Gasteiger partial charge on any atom is -0.448 e. The average molecular weight is 216 g/mol. The lowest BCUT2D eigenvalue weighted by molar-refractivity contribution is 0.506. The lowest BCUT2D eigenvalue weighted by atomic mass is 10.0. The fourth-order valence-corrected chi connectivity index (χ4v) is 1.88. The van der Waals surface area contributed by atoms with Gasteiger partial charge in [-0.25, -0.2) is 4.98 Å². The van der Waals surface area contributed by atoms with Gasteiger partial charge >= 0.3 is 0 Å². The number of nitrogens with zero attached hydrogens (tertiary/aromatic N) is 1. The van der Waals surface area contributed by atoms with Crippen LogP contribution in [0.15, 0.2) is 29.0 Å². The van der Waals surface area contributed by atoms with Gasteiger partial charge in [0.15, 0.2) is 6.39 Å². The lowest BCUT2D eigenvalue weighted by Gasteiger charge is -2.05. The predicted molar refractivity (Wildman–Crippen MR) is 64.2 cm³/mol. The largest absolute Gasteiger partial charge is 0.448 e. The maximum atomic E-state index is 5.54. The molecule has 2 aromatic rings. The molecule has 0 aliphatic rings. The molecule has 1 aromatic heterocycles. The molecule has 0 saturated carbocycles. The van der Waals surface area contributed by atoms with Gasteiger partial charge in [0.05, 0.1) is 0 Å². The van der Waals surface area contributed by atoms with E-state index in [0.717, 1.165) is 23.4 Å². The van der Waals surface area contributed by atoms with Crippen molar-refractivity contribution >= 4 is 0 Å². The minimum absolute atomic E-state index is 0.576. The van der Waals surface area contributed by atoms with Crippen LogP contribution in [-0.2, 0) is 6.42 Å². The van der Waals surface area contributed by atoms with Crippen molar-refractivity contribution in [1.29, 1.82) is 0 Å². The molecule has 16 heavy (non-hydrogen) atoms. The highest BCUT2D eigenvalue weighted by Crippen LogP contribution is 2.26. The van der Waals surface area contributed by atoms with Crippen LogP contribution in [0.1, 0.15) is 16.9 Å². The van der Waals surface area contributed by atoms with Crippen LogP contribution in [0.25, 0.3) is 11.3 Å². The molecule has 0 fully saturated rings. The summed E-state index contributed by atoms with van der Waals surface area (Å²) < 4.78 is 5.35. The van der Waals surface area contributed by atoms with Crippen molar-refractivity contribution in [1.82, 2.24) is 4.98 Å². The van der Waals surface area contributed by atoms with Gasteiger partial charge in [-0.2, -0.15) is 0 Å². The second kappa shape index (κ2) is 4.49. The zero-order valence-corrected chi connectivity index (χ0v) is 9.66. The van der Waals surface area contributed by atoms with E-state index in [9.17, 15) is 0 Å². The number of aromatic nitrogens is 1. The first-order valence-corrected chi connectivity index (χ1v) is 5.42. The summed E-state index contributed by atoms with van der Waals surface area (Å²) in [6.07, 6.45) is 2.21. The molecule has 0 saturated heterocycles. The van der Waals surface area contributed by atoms with Gasteiger partial charge in [0.1, 0.15) is 11.5 Å². The standard InChI is InChI=1S/C13H16N2O/c1-9-3-4-11(10(2)7-9)13-12(5-6-14)16-8-15-13/h3-4,7-8H,5-6,14H2,1-2H3. The van der Waals surface area contributed by atoms with Crippen molar-refractivity contribution in [2.24, 2.45) is 5.73 Å². The first-order chi connectivity index (χ1) is 7.72. The van der Waals surface area contributed by atoms with Crippen LogP contribution in [0.3, 0.4) is 0 Å². The molecule has 2 N–H and O–H groups in total. The molecule has 0 spiro atoms. The third-order valence-electron chi connectivity index (χ3n) is 2.65. The maximum absolute atomic E-state index is 5.54. The summed E-state index contributed by atoms with van der Waals surface area (Å²) in [7, 11) is 0. The molecular weight excluding hydrogens is 200 g/mol. The van der Waals surface area contributed by atoms with E-state index in [1.165, 1.54) is 17.5 Å². The van der Waals surface area contributed by atoms with Gasteiger partial charge in [-0.05, 0) is 26.0 Å². The highest BCUT2D eigenvalue weighted by molar-refractivity contribution is 5.65. The van der Waals surface area contributed by atoms with E-state index in [4.69, 9.17) is 10.2 Å². The summed E-state index contributed by atoms with van der Waals surface area (Å²) in [6, 6.07) is 6.32. The first-order valence-electron chi connectivity index (χ1n) is 5.42. The van der Waals surface area contributed by atoms with Gasteiger partial charge in [0.2, 0.25) is 0 Å². The smallest absolute Gasteiger partial charge is 0.181 e. The summed E-state index contributed by atoms with van der Waals surface area (Å²) in [5.41, 5.74) is 10.1. The molecule has 0 atom stereocenters. The summed E-state index contributed by atoms with van der Waals surface area (Å²) in [5.74, 6) is 0.870. The zero-order chi connectivity index (χ0) is 11.5. The molecule has 0 bridgehead atoms. The lowest BCUT2D eigenvalue weighted by Crippen LogP contribution is -2.03. The van der Waals surface area contributed by atoms with Crippen LogP contribution in [0.5, 0.6) is 0 Å². The van der Waals surface area contributed by atoms with Crippen LogP contribution in [0, 0.1) is 13.8 Å². The Bertz CT molecular complexity index is 488. The van der Waals surface area contributed by atoms with Crippen LogP contribution < -0.4 is 5.73 Å². The molecule has 0 amide bonds. The van der Waals surface area contributed by atoms with Crippen molar-refractivity contribution < 1.29 is 4.42 Å². The average Bonchev–Trinajstić information content (AvgIpc) is 2.67. The molecule has 2 rings (SSSR count). The van der Waals surface area contributed by atoms with E-state index >= 15 is 0 Å². The second-order valence-electron chi connectivity index (χ2n) is 3.98. The molecule has 3 heteroatoms. The molecule has 0 aliphatic heterocycles. The minimum atomic E-state index is 0.576. The molecule has 0 unspecified atom stereocenters. The van der Waals surface area contributed by atoms with Crippen LogP contribution >= 0.6 is 0 Å². The molecule has 84 valence electrons. The number of oxazole rings is 1. The molecule has 0 radical (unpaired) electrons. The number of rotatable bonds is 3. The Labute approximate surface area is 95.3 Å². The Balaban J connectivity index is 2.46. The third kappa shape index (κ3) is 1.99. The normalized spacial score (nSPS) is 10.7. The summed E-state index contributed by atoms with van der Waals surface area (Å²) in [5, 5.41) is 0. The predicted octanol–water partition coefficient (Wildman–Crippen LogP) is 2.46. The van der Waals surface area contributed by atoms with Crippen molar-refractivity contribution in [2.75, 3.05) is 6.54 Å². The van der Waals surface area contributed by atoms with E-state index in [2.05, 4.69) is 37.0 Å². The molecule has 0 aliphatic carbocycles. The summed E-state index contributed by atoms with van der Waals surface area (Å²) in [6.45, 7) is 4.75. The van der Waals surface area contributed by atoms with Gasteiger partial charge in [0, 0.05) is 12.0 Å². The molecule has 3 nitrogen and oxygen atoms in total. The number of hydrogen-bond donors (Lipinski definition) is 1. The molecule has 1 aromatic carbocycles. The fraction of sp³-hybridized carbons (Fsp3) is 0.308. The van der Waals surface area contributed by atoms with E-state index in [-0.39, 0.29) is 0 Å². The van der Waals surface area contributed by atoms with Crippen molar-refractivity contribution in [3.8, 4) is 11.3 Å². The SMILES string of the molecule is Cc1ccc(-c2ncoc2CCN)c(C)c1. The van der Waals surface area contributed by atoms with Crippen LogP contribution in [0.4, 0.5) is 0 Å². The van der Waals surface area contributed by atoms with E-state index in [0.29, 0.717) is 6.54 Å². The highest BCUT2D eigenvalue weighted by atomic mass is 16.3. The first kappa shape index (κ1) is 10.9. The van der Waals surface area contributed by atoms with Crippen molar-refractivity contribution in [2.45, 2.75) is 20.3 Å². The monoisotopic (exact) mass is 216 g/mol. The Hall–Kier alpha value is -1.61. The number of hydrogen-bond acceptors (Lipinski definition) is 3. The zero-order valence-electron chi connectivity index (χ0n) is 9.66. The fourth-order valence-electron chi connectivity index (χ4n) is 1.88. The van der Waals surface area contributed by atoms with Gasteiger partial charge < -0.3 is 10.2 Å². The second-order valence-corrected chi connectivity index (χ2v) is 3.98. The van der Waals surface area contributed by atoms with Gasteiger partial charge in [0.25, 0.3) is 0 Å². The molecule has 1 heterocycles. The Morgan fingerprint density at radius 2 is 2.12 bits per heavy atom. The van der Waals surface area contributed by atoms with E-state index in [1.807, 2.05) is 0 Å². The van der Waals surface area contributed by atoms with Crippen molar-refractivity contribution in [3.05, 3.63) is 41.5 Å². The highest BCUT2D eigenvalue weighted by Gasteiger charge is 2.11. The third-order valence-corrected chi connectivity index (χ3v) is 2.65. The Kier molecular flexibility index (Phi) is 3.06. The van der Waals surface area contributed by atoms with Gasteiger partial charge in [-0.1, -0.05) is 23.8 Å². The van der Waals surface area contributed by atoms with E-state index < -0.39 is 0 Å². The Morgan fingerprint density at radius 1 is 1.31 bits per heavy atom. The summed E-state index contributed by atoms with van der Waals surface area (Å²) in [4.78, 5) is 4.27. The molecular formula is C13H16N2O. The van der Waals surface area contributed by atoms with Crippen molar-refractivity contribution in [3.63, 3.8) is 0 Å². The van der Waals surface area contributed by atoms with Crippen LogP contribution in [-0.4, -0.2) is 11.5 Å². The topological polar surface area (TPSA) is 52.0 Å². The summed E-state index contributed by atoms with van der Waals surface area (Å²) >= 11 is 0. The Morgan fingerprint density at radius 3 is 2.81 bits per heavy atom. The number of aryl methyl sites for hydroxylation is 2. The van der Waals surface area contributed by atoms with Crippen LogP contribution in [0.2, 0.25) is 0 Å². The number of benzene rings is 1. The van der Waals surface area contributed by atoms with Gasteiger partial charge in [-0.15, -0.1) is 0 Å². The van der Waals surface area contributed by atoms with Gasteiger partial charge in [-0.3, -0.25) is 0 Å². The number of nitrogens with two attached hydrogens (primary N) is 1. The van der Waals surface area contributed by atoms with E-state index in [1.54, 1.807) is 0 Å². The maximum Gasteiger partial charge on any atom is 0.181 e.